The van der Waals surface area contributed by atoms with Crippen molar-refractivity contribution in [1.29, 1.82) is 0 Å². The van der Waals surface area contributed by atoms with Gasteiger partial charge in [0, 0.05) is 6.04 Å². The summed E-state index contributed by atoms with van der Waals surface area (Å²) in [5, 5.41) is 8.52. The van der Waals surface area contributed by atoms with E-state index in [1.807, 2.05) is 55.5 Å². The predicted octanol–water partition coefficient (Wildman–Crippen LogP) is 2.22. The molecule has 4 nitrogen and oxygen atoms in total. The van der Waals surface area contributed by atoms with E-state index in [2.05, 4.69) is 12.1 Å². The molecule has 2 rings (SSSR count). The molecular formula is C18H24N2O2. The third-order valence-corrected chi connectivity index (χ3v) is 3.02. The largest absolute Gasteiger partial charge is 0.480 e. The average Bonchev–Trinajstić information content (AvgIpc) is 2.49. The molecule has 0 aliphatic carbocycles. The fourth-order valence-electron chi connectivity index (χ4n) is 1.94. The van der Waals surface area contributed by atoms with E-state index in [4.69, 9.17) is 16.6 Å². The van der Waals surface area contributed by atoms with Crippen LogP contribution in [0.2, 0.25) is 0 Å². The third-order valence-electron chi connectivity index (χ3n) is 3.02. The van der Waals surface area contributed by atoms with Gasteiger partial charge in [0.1, 0.15) is 6.04 Å². The number of nitrogens with two attached hydrogens (primary N) is 2. The highest BCUT2D eigenvalue weighted by Crippen LogP contribution is 2.01. The lowest BCUT2D eigenvalue weighted by Crippen LogP contribution is -2.32. The fraction of sp³-hybridized carbons (Fsp3) is 0.278. The van der Waals surface area contributed by atoms with Crippen molar-refractivity contribution in [3.05, 3.63) is 71.8 Å². The number of carboxylic acids is 1. The first-order chi connectivity index (χ1) is 10.5. The Labute approximate surface area is 131 Å². The normalized spacial score (nSPS) is 12.7. The van der Waals surface area contributed by atoms with Crippen molar-refractivity contribution in [2.45, 2.75) is 31.8 Å². The van der Waals surface area contributed by atoms with Crippen LogP contribution in [0.4, 0.5) is 0 Å². The van der Waals surface area contributed by atoms with Gasteiger partial charge in [0.2, 0.25) is 0 Å². The van der Waals surface area contributed by atoms with E-state index >= 15 is 0 Å². The maximum Gasteiger partial charge on any atom is 0.320 e. The molecule has 0 radical (unpaired) electrons. The molecule has 0 bridgehead atoms. The predicted molar refractivity (Wildman–Crippen MR) is 89.6 cm³/mol. The monoisotopic (exact) mass is 300 g/mol. The maximum absolute atomic E-state index is 10.4. The minimum atomic E-state index is -0.959. The number of benzene rings is 2. The molecule has 4 heteroatoms. The molecule has 2 aromatic rings. The highest BCUT2D eigenvalue weighted by Gasteiger charge is 2.10. The summed E-state index contributed by atoms with van der Waals surface area (Å²) < 4.78 is 0. The van der Waals surface area contributed by atoms with Gasteiger partial charge in [-0.05, 0) is 30.9 Å². The zero-order valence-corrected chi connectivity index (χ0v) is 12.9. The lowest BCUT2D eigenvalue weighted by molar-refractivity contribution is -0.138. The summed E-state index contributed by atoms with van der Waals surface area (Å²) in [6.07, 6.45) is 1.36. The zero-order chi connectivity index (χ0) is 16.4. The average molecular weight is 300 g/mol. The SMILES string of the molecule is CC(N)Cc1ccccc1.NC(Cc1ccccc1)C(=O)O. The molecule has 0 aliphatic heterocycles. The first kappa shape index (κ1) is 17.9. The van der Waals surface area contributed by atoms with Crippen molar-refractivity contribution in [2.75, 3.05) is 0 Å². The summed E-state index contributed by atoms with van der Waals surface area (Å²) in [6, 6.07) is 19.1. The number of carbonyl (C=O) groups is 1. The van der Waals surface area contributed by atoms with Gasteiger partial charge in [0.25, 0.3) is 0 Å². The summed E-state index contributed by atoms with van der Waals surface area (Å²) in [6.45, 7) is 2.02. The van der Waals surface area contributed by atoms with Crippen molar-refractivity contribution in [1.82, 2.24) is 0 Å². The molecule has 0 spiro atoms. The number of aliphatic carboxylic acids is 1. The smallest absolute Gasteiger partial charge is 0.320 e. The molecule has 0 heterocycles. The number of rotatable bonds is 5. The Balaban J connectivity index is 0.000000224. The first-order valence-corrected chi connectivity index (χ1v) is 7.31. The van der Waals surface area contributed by atoms with E-state index in [0.29, 0.717) is 6.42 Å². The van der Waals surface area contributed by atoms with Crippen LogP contribution in [0.25, 0.3) is 0 Å². The molecule has 2 atom stereocenters. The quantitative estimate of drug-likeness (QED) is 0.790. The zero-order valence-electron chi connectivity index (χ0n) is 12.9. The lowest BCUT2D eigenvalue weighted by Gasteiger charge is -2.04. The van der Waals surface area contributed by atoms with E-state index in [-0.39, 0.29) is 6.04 Å². The van der Waals surface area contributed by atoms with Gasteiger partial charge in [-0.25, -0.2) is 0 Å². The molecule has 22 heavy (non-hydrogen) atoms. The van der Waals surface area contributed by atoms with Gasteiger partial charge in [0.05, 0.1) is 0 Å². The minimum absolute atomic E-state index is 0.266. The molecule has 118 valence electrons. The van der Waals surface area contributed by atoms with E-state index in [9.17, 15) is 4.79 Å². The molecule has 0 fully saturated rings. The van der Waals surface area contributed by atoms with Gasteiger partial charge in [-0.3, -0.25) is 4.79 Å². The second-order valence-corrected chi connectivity index (χ2v) is 5.30. The van der Waals surface area contributed by atoms with Crippen LogP contribution < -0.4 is 11.5 Å². The molecule has 2 unspecified atom stereocenters. The van der Waals surface area contributed by atoms with E-state index in [0.717, 1.165) is 12.0 Å². The topological polar surface area (TPSA) is 89.3 Å². The first-order valence-electron chi connectivity index (χ1n) is 7.31. The van der Waals surface area contributed by atoms with Crippen LogP contribution in [-0.2, 0) is 17.6 Å². The van der Waals surface area contributed by atoms with Gasteiger partial charge in [-0.15, -0.1) is 0 Å². The summed E-state index contributed by atoms with van der Waals surface area (Å²) >= 11 is 0. The molecule has 0 aliphatic rings. The standard InChI is InChI=1S/C9H11NO2.C9H13N/c10-8(9(11)12)6-7-4-2-1-3-5-7;1-8(10)7-9-5-3-2-4-6-9/h1-5,8H,6,10H2,(H,11,12);2-6,8H,7,10H2,1H3. The summed E-state index contributed by atoms with van der Waals surface area (Å²) in [5.74, 6) is -0.959. The molecule has 0 amide bonds. The second-order valence-electron chi connectivity index (χ2n) is 5.30. The van der Waals surface area contributed by atoms with Crippen LogP contribution in [0, 0.1) is 0 Å². The number of hydrogen-bond donors (Lipinski definition) is 3. The molecule has 0 saturated heterocycles. The second kappa shape index (κ2) is 9.71. The Morgan fingerprint density at radius 1 is 0.909 bits per heavy atom. The van der Waals surface area contributed by atoms with Gasteiger partial charge in [-0.2, -0.15) is 0 Å². The van der Waals surface area contributed by atoms with Crippen LogP contribution >= 0.6 is 0 Å². The fourth-order valence-corrected chi connectivity index (χ4v) is 1.94. The number of carboxylic acid groups (broad SMARTS) is 1. The molecular weight excluding hydrogens is 276 g/mol. The van der Waals surface area contributed by atoms with Crippen LogP contribution in [0.1, 0.15) is 18.1 Å². The highest BCUT2D eigenvalue weighted by molar-refractivity contribution is 5.73. The van der Waals surface area contributed by atoms with Gasteiger partial charge >= 0.3 is 5.97 Å². The van der Waals surface area contributed by atoms with Gasteiger partial charge in [0.15, 0.2) is 0 Å². The molecule has 0 aromatic heterocycles. The van der Waals surface area contributed by atoms with E-state index < -0.39 is 12.0 Å². The lowest BCUT2D eigenvalue weighted by atomic mass is 10.1. The van der Waals surface area contributed by atoms with Crippen LogP contribution in [-0.4, -0.2) is 23.2 Å². The highest BCUT2D eigenvalue weighted by atomic mass is 16.4. The Morgan fingerprint density at radius 3 is 1.68 bits per heavy atom. The van der Waals surface area contributed by atoms with E-state index in [1.165, 1.54) is 5.56 Å². The van der Waals surface area contributed by atoms with Gasteiger partial charge in [-0.1, -0.05) is 60.7 Å². The van der Waals surface area contributed by atoms with Gasteiger partial charge < -0.3 is 16.6 Å². The molecule has 2 aromatic carbocycles. The molecule has 5 N–H and O–H groups in total. The van der Waals surface area contributed by atoms with Crippen LogP contribution in [0.3, 0.4) is 0 Å². The third kappa shape index (κ3) is 7.57. The molecule has 0 saturated carbocycles. The number of hydrogen-bond acceptors (Lipinski definition) is 3. The van der Waals surface area contributed by atoms with Crippen molar-refractivity contribution in [3.63, 3.8) is 0 Å². The summed E-state index contributed by atoms with van der Waals surface area (Å²) in [7, 11) is 0. The Bertz CT molecular complexity index is 542. The maximum atomic E-state index is 10.4. The summed E-state index contributed by atoms with van der Waals surface area (Å²) in [4.78, 5) is 10.4. The van der Waals surface area contributed by atoms with E-state index in [1.54, 1.807) is 0 Å². The Hall–Kier alpha value is -2.17. The minimum Gasteiger partial charge on any atom is -0.480 e. The van der Waals surface area contributed by atoms with Crippen LogP contribution in [0.15, 0.2) is 60.7 Å². The van der Waals surface area contributed by atoms with Crippen LogP contribution in [0.5, 0.6) is 0 Å². The van der Waals surface area contributed by atoms with Crippen molar-refractivity contribution >= 4 is 5.97 Å². The Morgan fingerprint density at radius 2 is 1.32 bits per heavy atom. The van der Waals surface area contributed by atoms with Crippen molar-refractivity contribution in [3.8, 4) is 0 Å². The summed E-state index contributed by atoms with van der Waals surface area (Å²) in [5.41, 5.74) is 13.2. The Kier molecular flexibility index (Phi) is 7.89. The van der Waals surface area contributed by atoms with Crippen molar-refractivity contribution < 1.29 is 9.90 Å². The van der Waals surface area contributed by atoms with Crippen molar-refractivity contribution in [2.24, 2.45) is 11.5 Å².